The van der Waals surface area contributed by atoms with Gasteiger partial charge in [-0.1, -0.05) is 47.6 Å². The number of hydrogen-bond acceptors (Lipinski definition) is 7. The summed E-state index contributed by atoms with van der Waals surface area (Å²) < 4.78 is 33.8. The summed E-state index contributed by atoms with van der Waals surface area (Å²) in [6.45, 7) is 99.7. The second-order valence-electron chi connectivity index (χ2n) is 52.3. The van der Waals surface area contributed by atoms with Crippen LogP contribution in [0, 0.1) is 0 Å². The maximum absolute atomic E-state index is 5.77. The molecule has 0 saturated carbocycles. The first-order chi connectivity index (χ1) is 69.6. The number of piperidine rings is 4. The number of likely N-dealkylation sites (N-methyl/N-ethyl adjacent to an activating group) is 2. The number of hydrogen-bond donors (Lipinski definition) is 0. The van der Waals surface area contributed by atoms with Crippen LogP contribution in [0.1, 0.15) is 441 Å². The topological polar surface area (TPSA) is 94.4 Å². The highest BCUT2D eigenvalue weighted by Gasteiger charge is 2.65. The Morgan fingerprint density at radius 1 is 0.426 bits per heavy atom. The van der Waals surface area contributed by atoms with Gasteiger partial charge in [-0.2, -0.15) is 9.13 Å². The molecule has 8 fully saturated rings. The van der Waals surface area contributed by atoms with Crippen molar-refractivity contribution in [2.24, 2.45) is 0 Å². The van der Waals surface area contributed by atoms with Crippen LogP contribution in [-0.4, -0.2) is 230 Å². The van der Waals surface area contributed by atoms with Crippen molar-refractivity contribution in [2.75, 3.05) is 72.0 Å². The van der Waals surface area contributed by atoms with E-state index in [0.29, 0.717) is 72.1 Å². The average molecular weight is 2040 g/mol. The van der Waals surface area contributed by atoms with Gasteiger partial charge in [0.25, 0.3) is 5.82 Å². The van der Waals surface area contributed by atoms with E-state index in [1.165, 1.54) is 181 Å². The highest BCUT2D eigenvalue weighted by atomic mass is 16.4. The molecule has 0 amide bonds. The summed E-state index contributed by atoms with van der Waals surface area (Å²) in [5, 5.41) is 2.44. The normalized spacial score (nSPS) is 23.1. The molecule has 0 spiro atoms. The van der Waals surface area contributed by atoms with E-state index in [4.69, 9.17) is 4.42 Å². The summed E-state index contributed by atoms with van der Waals surface area (Å²) >= 11 is 0. The Bertz CT molecular complexity index is 5570. The van der Waals surface area contributed by atoms with Gasteiger partial charge in [0, 0.05) is 142 Å². The predicted octanol–water partition coefficient (Wildman–Crippen LogP) is 25.2. The quantitative estimate of drug-likeness (QED) is 0.0426. The lowest BCUT2D eigenvalue weighted by Crippen LogP contribution is -2.77. The largest absolute Gasteiger partial charge is 0.401 e. The molecule has 0 aromatic carbocycles. The number of oxazole rings is 1. The van der Waals surface area contributed by atoms with Crippen molar-refractivity contribution in [3.8, 4) is 0 Å². The summed E-state index contributed by atoms with van der Waals surface area (Å²) in [4.78, 5) is 17.3. The van der Waals surface area contributed by atoms with Crippen molar-refractivity contribution in [3.63, 3.8) is 0 Å². The highest BCUT2D eigenvalue weighted by Crippen LogP contribution is 2.53. The Labute approximate surface area is 902 Å². The van der Waals surface area contributed by atoms with Gasteiger partial charge in [-0.05, 0) is 338 Å². The molecular formula is C127H220N20O+10. The lowest BCUT2D eigenvalue weighted by Gasteiger charge is -2.66. The molecule has 21 nitrogen and oxygen atoms in total. The lowest BCUT2D eigenvalue weighted by molar-refractivity contribution is -0.988. The number of nitrogens with zero attached hydrogens (tertiary/aromatic N) is 20. The van der Waals surface area contributed by atoms with Crippen LogP contribution in [0.25, 0.3) is 38.9 Å². The van der Waals surface area contributed by atoms with E-state index < -0.39 is 0 Å². The number of imidazole rings is 3. The third-order valence-electron chi connectivity index (χ3n) is 36.9. The maximum Gasteiger partial charge on any atom is 0.401 e. The minimum absolute atomic E-state index is 0.331. The number of piperazine rings is 2. The van der Waals surface area contributed by atoms with Crippen LogP contribution < -0.4 is 32.4 Å². The standard InChI is InChI=1S/2C15H29N2.C14H22N.2C13H19N2.C12H22N3.C12H18N3.C12H17N2O.C11H25N2.C10H20N/c1-10(2)16-12-6-14-8-13(16)9-15(7-12)17(14,5)11(3)4;1-10(2)16-12-6-7-13(16)15-9-8-14(12)17(15,5)11(3)4;1-10(2)12-8-9-15(11(3)4)14-7-5-6-13(12)14;1-10(2)12-5-6-13-8-14(11(3)4)9-15(13)7-12;1-10(2)14-8-5-6-12-13(14)7-9-15(12)11(3)4;1-10(2)13-8-9-15-12(13)6-5-7-14(15)11(3)4;1-9(2)14-7-5-6-11-12(14)13-8-15(11)10(3)4;1-8(2)11-13-10-6-5-7-14(9(3)4)12(10)15-11;1-10(2)12-6-8-13(5,9-7-12)11(3)4;1-9(2)11(10(3)4)7-5-6-8-11/h2*10-15H,6-9H2,1-5H3;8-11H,5-7H2,1-4H3;2*5-11H,1-4H3;8-11H,5-7H2,1-4H3;5-10H,1-4H3;5-9H,1-4H3;10-11H,6-9H2,1-5H3;5-6,9-10H,7-8H2,1-4H3/q10*+1. The summed E-state index contributed by atoms with van der Waals surface area (Å²) in [6.07, 6.45) is 46.4. The zero-order valence-electron chi connectivity index (χ0n) is 102. The van der Waals surface area contributed by atoms with Crippen LogP contribution in [-0.2, 0) is 19.3 Å². The molecule has 0 N–H and O–H groups in total. The molecule has 824 valence electrons. The van der Waals surface area contributed by atoms with Crippen molar-refractivity contribution < 1.29 is 49.8 Å². The molecule has 21 heteroatoms. The van der Waals surface area contributed by atoms with Crippen molar-refractivity contribution in [2.45, 2.75) is 529 Å². The Balaban J connectivity index is 0.000000156. The Morgan fingerprint density at radius 2 is 0.959 bits per heavy atom. The number of quaternary nitrogens is 4. The van der Waals surface area contributed by atoms with Gasteiger partial charge in [0.1, 0.15) is 35.5 Å². The van der Waals surface area contributed by atoms with Crippen molar-refractivity contribution in [1.82, 2.24) is 42.9 Å². The zero-order chi connectivity index (χ0) is 109. The van der Waals surface area contributed by atoms with Gasteiger partial charge < -0.3 is 31.5 Å². The molecule has 20 heterocycles. The molecule has 148 heavy (non-hydrogen) atoms. The van der Waals surface area contributed by atoms with Crippen molar-refractivity contribution in [3.05, 3.63) is 175 Å². The fraction of sp³-hybridized carbons (Fsp3) is 0.717. The van der Waals surface area contributed by atoms with Gasteiger partial charge in [0.15, 0.2) is 59.6 Å². The van der Waals surface area contributed by atoms with Gasteiger partial charge in [-0.3, -0.25) is 14.7 Å². The van der Waals surface area contributed by atoms with E-state index in [0.717, 1.165) is 119 Å². The third-order valence-corrected chi connectivity index (χ3v) is 36.9. The highest BCUT2D eigenvalue weighted by molar-refractivity contribution is 5.72. The van der Waals surface area contributed by atoms with Gasteiger partial charge >= 0.3 is 11.4 Å². The molecule has 10 aliphatic heterocycles. The summed E-state index contributed by atoms with van der Waals surface area (Å²) in [5.74, 6) is 3.84. The monoisotopic (exact) mass is 2040 g/mol. The van der Waals surface area contributed by atoms with Gasteiger partial charge in [-0.15, -0.1) is 4.68 Å². The molecule has 0 radical (unpaired) electrons. The minimum atomic E-state index is 0.331. The zero-order valence-corrected chi connectivity index (χ0v) is 102. The number of fused-ring (bicyclic) bond motifs is 12. The third kappa shape index (κ3) is 26.7. The second kappa shape index (κ2) is 51.5. The Morgan fingerprint density at radius 3 is 1.43 bits per heavy atom. The average Bonchev–Trinajstić information content (AvgIpc) is 1.14. The molecule has 10 aromatic heterocycles. The first-order valence-corrected chi connectivity index (χ1v) is 59.6. The van der Waals surface area contributed by atoms with E-state index in [2.05, 4.69) is 490 Å². The minimum Gasteiger partial charge on any atom is -0.388 e. The Kier molecular flexibility index (Phi) is 41.9. The summed E-state index contributed by atoms with van der Waals surface area (Å²) in [6, 6.07) is 39.5. The molecule has 11 aliphatic rings. The van der Waals surface area contributed by atoms with E-state index in [-0.39, 0.29) is 0 Å². The molecule has 8 bridgehead atoms. The van der Waals surface area contributed by atoms with E-state index >= 15 is 0 Å². The van der Waals surface area contributed by atoms with Gasteiger partial charge in [0.05, 0.1) is 151 Å². The summed E-state index contributed by atoms with van der Waals surface area (Å²) in [5.41, 5.74) is 14.2. The Hall–Kier alpha value is -7.76. The van der Waals surface area contributed by atoms with Gasteiger partial charge in [-0.25, -0.2) is 32.7 Å². The van der Waals surface area contributed by atoms with Crippen LogP contribution in [0.5, 0.6) is 0 Å². The van der Waals surface area contributed by atoms with E-state index in [1.807, 2.05) is 24.7 Å². The van der Waals surface area contributed by atoms with Crippen molar-refractivity contribution >= 4 is 38.9 Å². The van der Waals surface area contributed by atoms with E-state index in [9.17, 15) is 0 Å². The van der Waals surface area contributed by atoms with E-state index in [1.54, 1.807) is 16.8 Å². The first kappa shape index (κ1) is 120. The van der Waals surface area contributed by atoms with Crippen molar-refractivity contribution in [1.29, 1.82) is 0 Å². The fourth-order valence-corrected chi connectivity index (χ4v) is 27.1. The number of pyridine rings is 5. The molecule has 10 aromatic rings. The van der Waals surface area contributed by atoms with Crippen LogP contribution >= 0.6 is 0 Å². The molecule has 21 rings (SSSR count). The summed E-state index contributed by atoms with van der Waals surface area (Å²) in [7, 11) is 7.48. The predicted molar refractivity (Wildman–Crippen MR) is 620 cm³/mol. The maximum atomic E-state index is 5.77. The number of rotatable bonds is 20. The smallest absolute Gasteiger partial charge is 0.388 e. The SMILES string of the molecule is CC(C)N1C2CC3CC1CC(C2)[N+]3(C)C(C)C.CC(C)N1C2CCC1C1CCC2[N+]1(C)C(C)C.CC(C)N1CCCc2n1cc[n+]2C(C)C.CC(C)N1CC[N+](C)(C(C)C)CC1.CC(C)[N+]1(C(C)C)CC=CC1.CC(C)c1cc[n+](C(C)C)c2c1CCC2.CC(C)c1ccc2c[n+](C(C)C)cn2c1.CC(C)c1nc2ccc[n+](C(C)C)c2o1.CC(C)n1ccc2c1ccc[n+]2C(C)C.CC(C)n1cnc2c1ccc[n+]2C(C)C. The van der Waals surface area contributed by atoms with Crippen LogP contribution in [0.4, 0.5) is 0 Å². The molecular weight excluding hydrogens is 1820 g/mol. The van der Waals surface area contributed by atoms with Crippen LogP contribution in [0.15, 0.2) is 146 Å². The van der Waals surface area contributed by atoms with Crippen LogP contribution in [0.2, 0.25) is 0 Å². The molecule has 1 aliphatic carbocycles. The second-order valence-corrected chi connectivity index (χ2v) is 52.3. The van der Waals surface area contributed by atoms with Gasteiger partial charge in [0.2, 0.25) is 24.1 Å². The molecule has 4 atom stereocenters. The fourth-order valence-electron chi connectivity index (χ4n) is 27.1. The number of aromatic nitrogens is 12. The molecule has 8 saturated heterocycles. The first-order valence-electron chi connectivity index (χ1n) is 59.6. The molecule has 4 unspecified atom stereocenters. The lowest BCUT2D eigenvalue weighted by atomic mass is 9.70. The van der Waals surface area contributed by atoms with Crippen LogP contribution in [0.3, 0.4) is 0 Å².